The van der Waals surface area contributed by atoms with Gasteiger partial charge in [-0.05, 0) is 87.0 Å². The van der Waals surface area contributed by atoms with E-state index in [0.29, 0.717) is 12.0 Å². The molecule has 2 aliphatic heterocycles. The van der Waals surface area contributed by atoms with Gasteiger partial charge in [0, 0.05) is 50.4 Å². The maximum Gasteiger partial charge on any atom is 0.324 e. The number of carboxylic acid groups (broad SMARTS) is 1. The number of aliphatic carboxylic acids is 1. The Morgan fingerprint density at radius 1 is 0.903 bits per heavy atom. The molecule has 0 aromatic heterocycles. The lowest BCUT2D eigenvalue weighted by atomic mass is 9.83. The topological polar surface area (TPSA) is 64.1 Å². The highest BCUT2D eigenvalue weighted by Crippen LogP contribution is 2.34. The molecule has 31 heavy (non-hydrogen) atoms. The van der Waals surface area contributed by atoms with Crippen LogP contribution in [0.15, 0.2) is 18.2 Å². The highest BCUT2D eigenvalue weighted by Gasteiger charge is 2.37. The number of amides is 2. The third-order valence-electron chi connectivity index (χ3n) is 7.97. The van der Waals surface area contributed by atoms with Crippen molar-refractivity contribution in [3.63, 3.8) is 0 Å². The monoisotopic (exact) mass is 425 g/mol. The zero-order valence-electron chi connectivity index (χ0n) is 18.5. The Morgan fingerprint density at radius 3 is 2.32 bits per heavy atom. The van der Waals surface area contributed by atoms with Crippen LogP contribution in [0.2, 0.25) is 0 Å². The first-order valence-corrected chi connectivity index (χ1v) is 12.2. The van der Waals surface area contributed by atoms with Gasteiger partial charge in [-0.3, -0.25) is 14.6 Å². The summed E-state index contributed by atoms with van der Waals surface area (Å²) in [5.74, 6) is -0.200. The van der Waals surface area contributed by atoms with Crippen LogP contribution in [-0.2, 0) is 17.6 Å². The Morgan fingerprint density at radius 2 is 1.61 bits per heavy atom. The van der Waals surface area contributed by atoms with Crippen molar-refractivity contribution >= 4 is 17.7 Å². The number of rotatable bonds is 6. The van der Waals surface area contributed by atoms with Gasteiger partial charge >= 0.3 is 12.0 Å². The van der Waals surface area contributed by atoms with E-state index in [1.54, 1.807) is 0 Å². The zero-order chi connectivity index (χ0) is 21.4. The molecule has 2 amide bonds. The van der Waals surface area contributed by atoms with Crippen LogP contribution in [0, 0.1) is 5.92 Å². The first-order valence-electron chi connectivity index (χ1n) is 12.2. The molecule has 2 aliphatic carbocycles. The van der Waals surface area contributed by atoms with Gasteiger partial charge in [0.1, 0.15) is 0 Å². The van der Waals surface area contributed by atoms with Crippen molar-refractivity contribution in [3.8, 4) is 0 Å². The number of urea groups is 1. The number of benzene rings is 1. The van der Waals surface area contributed by atoms with E-state index >= 15 is 0 Å². The van der Waals surface area contributed by atoms with Gasteiger partial charge < -0.3 is 10.0 Å². The van der Waals surface area contributed by atoms with E-state index in [2.05, 4.69) is 28.0 Å². The standard InChI is InChI=1S/C25H35N3O3/c29-24(30)10-3-18-1-5-22(6-2-18)27-15-16-28(25(27)31)23-7-4-19-11-13-26(21-8-9-21)14-12-20(19)17-23/h4,7,17-18,21-22H,1-3,5-6,8-16H2,(H,29,30)/t18-,22-. The van der Waals surface area contributed by atoms with E-state index in [0.717, 1.165) is 76.3 Å². The first-order chi connectivity index (χ1) is 15.1. The first kappa shape index (κ1) is 20.8. The molecule has 6 heteroatoms. The zero-order valence-corrected chi connectivity index (χ0v) is 18.5. The Bertz CT molecular complexity index is 829. The Kier molecular flexibility index (Phi) is 5.91. The second kappa shape index (κ2) is 8.81. The number of carbonyl (C=O) groups excluding carboxylic acids is 1. The van der Waals surface area contributed by atoms with Gasteiger partial charge in [-0.2, -0.15) is 0 Å². The van der Waals surface area contributed by atoms with Gasteiger partial charge in [-0.15, -0.1) is 0 Å². The quantitative estimate of drug-likeness (QED) is 0.750. The number of hydrogen-bond acceptors (Lipinski definition) is 3. The van der Waals surface area contributed by atoms with Crippen LogP contribution in [0.5, 0.6) is 0 Å². The molecule has 1 aromatic carbocycles. The molecule has 1 saturated heterocycles. The van der Waals surface area contributed by atoms with Crippen molar-refractivity contribution < 1.29 is 14.7 Å². The number of nitrogens with zero attached hydrogens (tertiary/aromatic N) is 3. The number of hydrogen-bond donors (Lipinski definition) is 1. The van der Waals surface area contributed by atoms with Crippen molar-refractivity contribution in [2.24, 2.45) is 5.92 Å². The lowest BCUT2D eigenvalue weighted by Gasteiger charge is -2.34. The molecule has 168 valence electrons. The number of carboxylic acids is 1. The van der Waals surface area contributed by atoms with Crippen molar-refractivity contribution in [2.45, 2.75) is 76.3 Å². The summed E-state index contributed by atoms with van der Waals surface area (Å²) in [6.45, 7) is 3.88. The predicted octanol–water partition coefficient (Wildman–Crippen LogP) is 3.92. The molecule has 1 N–H and O–H groups in total. The summed E-state index contributed by atoms with van der Waals surface area (Å²) in [6.07, 6.45) is 10.1. The fourth-order valence-corrected chi connectivity index (χ4v) is 5.91. The van der Waals surface area contributed by atoms with Crippen molar-refractivity contribution in [1.29, 1.82) is 0 Å². The molecule has 5 rings (SSSR count). The lowest BCUT2D eigenvalue weighted by molar-refractivity contribution is -0.137. The van der Waals surface area contributed by atoms with E-state index < -0.39 is 5.97 Å². The maximum absolute atomic E-state index is 13.3. The predicted molar refractivity (Wildman–Crippen MR) is 121 cm³/mol. The fourth-order valence-electron chi connectivity index (χ4n) is 5.91. The molecule has 0 atom stereocenters. The van der Waals surface area contributed by atoms with Crippen LogP contribution in [0.4, 0.5) is 10.5 Å². The van der Waals surface area contributed by atoms with E-state index in [1.165, 1.54) is 30.5 Å². The normalized spacial score (nSPS) is 27.3. The van der Waals surface area contributed by atoms with Gasteiger partial charge in [0.2, 0.25) is 0 Å². The Balaban J connectivity index is 1.19. The third kappa shape index (κ3) is 4.59. The molecule has 2 heterocycles. The highest BCUT2D eigenvalue weighted by atomic mass is 16.4. The minimum Gasteiger partial charge on any atom is -0.481 e. The minimum atomic E-state index is -0.700. The maximum atomic E-state index is 13.3. The smallest absolute Gasteiger partial charge is 0.324 e. The SMILES string of the molecule is O=C(O)CC[C@H]1CC[C@H](N2CCN(c3ccc4c(c3)CCN(C3CC3)CC4)C2=O)CC1. The van der Waals surface area contributed by atoms with Gasteiger partial charge in [0.25, 0.3) is 0 Å². The average molecular weight is 426 g/mol. The highest BCUT2D eigenvalue weighted by molar-refractivity contribution is 5.94. The Hall–Kier alpha value is -2.08. The summed E-state index contributed by atoms with van der Waals surface area (Å²) in [7, 11) is 0. The molecule has 0 spiro atoms. The van der Waals surface area contributed by atoms with Gasteiger partial charge in [-0.25, -0.2) is 4.79 Å². The molecule has 4 aliphatic rings. The minimum absolute atomic E-state index is 0.155. The van der Waals surface area contributed by atoms with Crippen LogP contribution < -0.4 is 4.90 Å². The van der Waals surface area contributed by atoms with Gasteiger partial charge in [-0.1, -0.05) is 6.07 Å². The van der Waals surface area contributed by atoms with Crippen molar-refractivity contribution in [1.82, 2.24) is 9.80 Å². The molecule has 2 saturated carbocycles. The van der Waals surface area contributed by atoms with Crippen LogP contribution in [0.25, 0.3) is 0 Å². The molecule has 0 unspecified atom stereocenters. The second-order valence-electron chi connectivity index (χ2n) is 9.95. The van der Waals surface area contributed by atoms with E-state index in [1.807, 2.05) is 4.90 Å². The van der Waals surface area contributed by atoms with E-state index in [9.17, 15) is 9.59 Å². The number of carbonyl (C=O) groups is 2. The molecular weight excluding hydrogens is 390 g/mol. The average Bonchev–Trinajstić information content (AvgIpc) is 3.57. The fraction of sp³-hybridized carbons (Fsp3) is 0.680. The van der Waals surface area contributed by atoms with Crippen LogP contribution in [0.1, 0.15) is 62.5 Å². The molecule has 1 aromatic rings. The van der Waals surface area contributed by atoms with Crippen LogP contribution >= 0.6 is 0 Å². The molecule has 0 bridgehead atoms. The summed E-state index contributed by atoms with van der Waals surface area (Å²) in [5.41, 5.74) is 3.93. The summed E-state index contributed by atoms with van der Waals surface area (Å²) < 4.78 is 0. The molecular formula is C25H35N3O3. The Labute approximate surface area is 185 Å². The molecule has 6 nitrogen and oxygen atoms in total. The summed E-state index contributed by atoms with van der Waals surface area (Å²) in [4.78, 5) is 30.8. The van der Waals surface area contributed by atoms with Crippen molar-refractivity contribution in [2.75, 3.05) is 31.1 Å². The number of fused-ring (bicyclic) bond motifs is 1. The van der Waals surface area contributed by atoms with Crippen molar-refractivity contribution in [3.05, 3.63) is 29.3 Å². The summed E-state index contributed by atoms with van der Waals surface area (Å²) >= 11 is 0. The molecule has 3 fully saturated rings. The van der Waals surface area contributed by atoms with E-state index in [4.69, 9.17) is 5.11 Å². The van der Waals surface area contributed by atoms with Gasteiger partial charge in [0.05, 0.1) is 0 Å². The van der Waals surface area contributed by atoms with Crippen LogP contribution in [0.3, 0.4) is 0 Å². The second-order valence-corrected chi connectivity index (χ2v) is 9.95. The summed E-state index contributed by atoms with van der Waals surface area (Å²) in [5, 5.41) is 8.91. The van der Waals surface area contributed by atoms with E-state index in [-0.39, 0.29) is 12.5 Å². The van der Waals surface area contributed by atoms with Crippen LogP contribution in [-0.4, -0.2) is 65.2 Å². The third-order valence-corrected chi connectivity index (χ3v) is 7.97. The lowest BCUT2D eigenvalue weighted by Crippen LogP contribution is -2.41. The number of anilines is 1. The largest absolute Gasteiger partial charge is 0.481 e. The summed E-state index contributed by atoms with van der Waals surface area (Å²) in [6, 6.07) is 7.96. The van der Waals surface area contributed by atoms with Gasteiger partial charge in [0.15, 0.2) is 0 Å². The molecule has 0 radical (unpaired) electrons.